The molecule has 0 unspecified atom stereocenters. The molecule has 1 aliphatic rings. The molecule has 8 nitrogen and oxygen atoms in total. The topological polar surface area (TPSA) is 96.6 Å². The van der Waals surface area contributed by atoms with Gasteiger partial charge in [-0.2, -0.15) is 13.2 Å². The van der Waals surface area contributed by atoms with Gasteiger partial charge >= 0.3 is 18.1 Å². The maximum atomic E-state index is 13.3. The van der Waals surface area contributed by atoms with E-state index in [1.807, 2.05) is 6.07 Å². The van der Waals surface area contributed by atoms with E-state index in [1.54, 1.807) is 54.3 Å². The molecule has 12 heteroatoms. The molecule has 0 N–H and O–H groups in total. The van der Waals surface area contributed by atoms with E-state index in [0.717, 1.165) is 5.56 Å². The van der Waals surface area contributed by atoms with E-state index in [4.69, 9.17) is 4.42 Å². The van der Waals surface area contributed by atoms with Crippen LogP contribution in [0.3, 0.4) is 0 Å². The molecule has 0 aliphatic carbocycles. The van der Waals surface area contributed by atoms with Gasteiger partial charge in [-0.25, -0.2) is 13.2 Å². The SMILES string of the molecule is Cc1cc(-c2nnc(C(F)(F)F)o2)ccc1CN(C(=O)N1CCS(=O)(=O)CC1)c1ccccc1. The number of amides is 2. The minimum absolute atomic E-state index is 0.0841. The number of carbonyl (C=O) groups is 1. The molecule has 0 radical (unpaired) electrons. The Bertz CT molecular complexity index is 1280. The van der Waals surface area contributed by atoms with Crippen molar-refractivity contribution >= 4 is 21.6 Å². The highest BCUT2D eigenvalue weighted by molar-refractivity contribution is 7.91. The molecule has 4 rings (SSSR count). The summed E-state index contributed by atoms with van der Waals surface area (Å²) in [5.41, 5.74) is 2.42. The van der Waals surface area contributed by atoms with Crippen LogP contribution in [0.5, 0.6) is 0 Å². The number of nitrogens with zero attached hydrogens (tertiary/aromatic N) is 4. The van der Waals surface area contributed by atoms with Gasteiger partial charge in [-0.1, -0.05) is 24.3 Å². The lowest BCUT2D eigenvalue weighted by atomic mass is 10.0. The van der Waals surface area contributed by atoms with Crippen LogP contribution < -0.4 is 4.90 Å². The minimum atomic E-state index is -4.73. The zero-order valence-corrected chi connectivity index (χ0v) is 18.9. The van der Waals surface area contributed by atoms with E-state index in [-0.39, 0.29) is 43.1 Å². The highest BCUT2D eigenvalue weighted by atomic mass is 32.2. The molecule has 1 aromatic heterocycles. The van der Waals surface area contributed by atoms with E-state index in [1.165, 1.54) is 4.90 Å². The summed E-state index contributed by atoms with van der Waals surface area (Å²) in [6.45, 7) is 2.17. The van der Waals surface area contributed by atoms with Crippen molar-refractivity contribution in [3.8, 4) is 11.5 Å². The second-order valence-electron chi connectivity index (χ2n) is 7.89. The van der Waals surface area contributed by atoms with Gasteiger partial charge in [0.1, 0.15) is 0 Å². The summed E-state index contributed by atoms with van der Waals surface area (Å²) in [5.74, 6) is -1.85. The van der Waals surface area contributed by atoms with E-state index >= 15 is 0 Å². The Hall–Kier alpha value is -3.41. The largest absolute Gasteiger partial charge is 0.470 e. The van der Waals surface area contributed by atoms with Crippen LogP contribution >= 0.6 is 0 Å². The first-order chi connectivity index (χ1) is 16.0. The maximum Gasteiger partial charge on any atom is 0.470 e. The first kappa shape index (κ1) is 23.7. The van der Waals surface area contributed by atoms with Crippen LogP contribution in [-0.4, -0.2) is 54.1 Å². The highest BCUT2D eigenvalue weighted by Crippen LogP contribution is 2.31. The third-order valence-corrected chi connectivity index (χ3v) is 7.11. The molecule has 2 amide bonds. The zero-order valence-electron chi connectivity index (χ0n) is 18.1. The summed E-state index contributed by atoms with van der Waals surface area (Å²) in [4.78, 5) is 16.4. The number of urea groups is 1. The Morgan fingerprint density at radius 3 is 2.35 bits per heavy atom. The number of aryl methyl sites for hydroxylation is 1. The van der Waals surface area contributed by atoms with E-state index in [0.29, 0.717) is 16.8 Å². The fraction of sp³-hybridized carbons (Fsp3) is 0.318. The van der Waals surface area contributed by atoms with Gasteiger partial charge in [0.15, 0.2) is 9.84 Å². The number of para-hydroxylation sites is 1. The molecule has 34 heavy (non-hydrogen) atoms. The third kappa shape index (κ3) is 5.22. The molecule has 1 fully saturated rings. The van der Waals surface area contributed by atoms with Crippen molar-refractivity contribution in [1.29, 1.82) is 0 Å². The van der Waals surface area contributed by atoms with Crippen molar-refractivity contribution in [2.75, 3.05) is 29.5 Å². The summed E-state index contributed by atoms with van der Waals surface area (Å²) in [6, 6.07) is 13.5. The number of rotatable bonds is 4. The lowest BCUT2D eigenvalue weighted by Crippen LogP contribution is -2.49. The van der Waals surface area contributed by atoms with Crippen LogP contribution in [0.4, 0.5) is 23.7 Å². The van der Waals surface area contributed by atoms with E-state index in [2.05, 4.69) is 10.2 Å². The lowest BCUT2D eigenvalue weighted by Gasteiger charge is -2.33. The van der Waals surface area contributed by atoms with Crippen LogP contribution in [0.2, 0.25) is 0 Å². The summed E-state index contributed by atoms with van der Waals surface area (Å²) < 4.78 is 66.6. The Morgan fingerprint density at radius 2 is 1.76 bits per heavy atom. The van der Waals surface area contributed by atoms with Gasteiger partial charge < -0.3 is 9.32 Å². The first-order valence-electron chi connectivity index (χ1n) is 10.4. The van der Waals surface area contributed by atoms with Gasteiger partial charge in [-0.05, 0) is 42.3 Å². The Labute approximate surface area is 193 Å². The van der Waals surface area contributed by atoms with Crippen molar-refractivity contribution in [3.05, 3.63) is 65.5 Å². The Morgan fingerprint density at radius 1 is 1.09 bits per heavy atom. The smallest absolute Gasteiger partial charge is 0.413 e. The maximum absolute atomic E-state index is 13.3. The molecule has 180 valence electrons. The number of carbonyl (C=O) groups excluding carboxylic acids is 1. The first-order valence-corrected chi connectivity index (χ1v) is 12.2. The van der Waals surface area contributed by atoms with E-state index < -0.39 is 21.9 Å². The van der Waals surface area contributed by atoms with E-state index in [9.17, 15) is 26.4 Å². The van der Waals surface area contributed by atoms with Crippen LogP contribution in [-0.2, 0) is 22.6 Å². The standard InChI is InChI=1S/C22H21F3N4O4S/c1-15-13-16(19-26-27-20(33-19)22(23,24)25)7-8-17(15)14-29(18-5-3-2-4-6-18)21(30)28-9-11-34(31,32)12-10-28/h2-8,13H,9-12,14H2,1H3. The normalized spacial score (nSPS) is 15.8. The monoisotopic (exact) mass is 494 g/mol. The van der Waals surface area contributed by atoms with Crippen molar-refractivity contribution in [2.45, 2.75) is 19.6 Å². The predicted molar refractivity (Wildman–Crippen MR) is 118 cm³/mol. The quantitative estimate of drug-likeness (QED) is 0.546. The second-order valence-corrected chi connectivity index (χ2v) is 10.2. The number of hydrogen-bond donors (Lipinski definition) is 0. The summed E-state index contributed by atoms with van der Waals surface area (Å²) in [6.07, 6.45) is -4.73. The number of anilines is 1. The Kier molecular flexibility index (Phi) is 6.34. The molecule has 2 heterocycles. The molecular weight excluding hydrogens is 473 g/mol. The molecule has 0 saturated carbocycles. The van der Waals surface area contributed by atoms with Crippen molar-refractivity contribution in [1.82, 2.24) is 15.1 Å². The van der Waals surface area contributed by atoms with Crippen LogP contribution in [0.1, 0.15) is 17.0 Å². The van der Waals surface area contributed by atoms with Crippen LogP contribution in [0, 0.1) is 6.92 Å². The molecule has 0 spiro atoms. The third-order valence-electron chi connectivity index (χ3n) is 5.50. The fourth-order valence-corrected chi connectivity index (χ4v) is 4.78. The molecule has 3 aromatic rings. The molecular formula is C22H21F3N4O4S. The fourth-order valence-electron chi connectivity index (χ4n) is 3.58. The number of sulfone groups is 1. The predicted octanol–water partition coefficient (Wildman–Crippen LogP) is 3.92. The lowest BCUT2D eigenvalue weighted by molar-refractivity contribution is -0.156. The van der Waals surface area contributed by atoms with Crippen molar-refractivity contribution < 1.29 is 30.8 Å². The van der Waals surface area contributed by atoms with Gasteiger partial charge in [-0.3, -0.25) is 4.90 Å². The van der Waals surface area contributed by atoms with Gasteiger partial charge in [-0.15, -0.1) is 10.2 Å². The van der Waals surface area contributed by atoms with Crippen LogP contribution in [0.25, 0.3) is 11.5 Å². The average molecular weight is 494 g/mol. The summed E-state index contributed by atoms with van der Waals surface area (Å²) in [7, 11) is -3.15. The summed E-state index contributed by atoms with van der Waals surface area (Å²) >= 11 is 0. The van der Waals surface area contributed by atoms with Gasteiger partial charge in [0.05, 0.1) is 18.1 Å². The van der Waals surface area contributed by atoms with Gasteiger partial charge in [0.25, 0.3) is 0 Å². The molecule has 1 aliphatic heterocycles. The number of aromatic nitrogens is 2. The minimum Gasteiger partial charge on any atom is -0.413 e. The number of hydrogen-bond acceptors (Lipinski definition) is 6. The highest BCUT2D eigenvalue weighted by Gasteiger charge is 2.38. The van der Waals surface area contributed by atoms with Gasteiger partial charge in [0, 0.05) is 24.3 Å². The van der Waals surface area contributed by atoms with Crippen molar-refractivity contribution in [3.63, 3.8) is 0 Å². The molecule has 1 saturated heterocycles. The van der Waals surface area contributed by atoms with Crippen LogP contribution in [0.15, 0.2) is 52.9 Å². The number of halogens is 3. The number of benzene rings is 2. The molecule has 2 aromatic carbocycles. The zero-order chi connectivity index (χ0) is 24.5. The average Bonchev–Trinajstić information content (AvgIpc) is 3.29. The Balaban J connectivity index is 1.59. The second kappa shape index (κ2) is 9.09. The summed E-state index contributed by atoms with van der Waals surface area (Å²) in [5, 5.41) is 6.52. The molecule has 0 atom stereocenters. The molecule has 0 bridgehead atoms. The van der Waals surface area contributed by atoms with Crippen molar-refractivity contribution in [2.24, 2.45) is 0 Å². The van der Waals surface area contributed by atoms with Gasteiger partial charge in [0.2, 0.25) is 5.89 Å². The number of alkyl halides is 3.